The van der Waals surface area contributed by atoms with E-state index in [1.165, 1.54) is 0 Å². The number of anilines is 1. The van der Waals surface area contributed by atoms with Crippen LogP contribution in [0.4, 0.5) is 5.95 Å². The number of imidazole rings is 1. The summed E-state index contributed by atoms with van der Waals surface area (Å²) in [5.41, 5.74) is 4.00. The topological polar surface area (TPSA) is 93.2 Å². The van der Waals surface area contributed by atoms with E-state index in [0.717, 1.165) is 59.4 Å². The molecule has 0 saturated heterocycles. The van der Waals surface area contributed by atoms with Gasteiger partial charge in [-0.3, -0.25) is 0 Å². The minimum absolute atomic E-state index is 0.292. The van der Waals surface area contributed by atoms with Gasteiger partial charge in [-0.2, -0.15) is 0 Å². The van der Waals surface area contributed by atoms with Crippen LogP contribution >= 0.6 is 0 Å². The van der Waals surface area contributed by atoms with Gasteiger partial charge in [0.1, 0.15) is 11.3 Å². The lowest BCUT2D eigenvalue weighted by atomic mass is 9.84. The van der Waals surface area contributed by atoms with Crippen LogP contribution in [0.1, 0.15) is 38.4 Å². The summed E-state index contributed by atoms with van der Waals surface area (Å²) in [4.78, 5) is 13.9. The van der Waals surface area contributed by atoms with Crippen LogP contribution in [0.5, 0.6) is 0 Å². The van der Waals surface area contributed by atoms with Crippen molar-refractivity contribution in [2.24, 2.45) is 7.05 Å². The van der Waals surface area contributed by atoms with Gasteiger partial charge in [-0.25, -0.2) is 19.5 Å². The molecular weight excluding hydrogens is 366 g/mol. The molecule has 0 atom stereocenters. The third-order valence-electron chi connectivity index (χ3n) is 6.03. The van der Waals surface area contributed by atoms with Crippen molar-refractivity contribution in [2.75, 3.05) is 5.32 Å². The van der Waals surface area contributed by atoms with Crippen molar-refractivity contribution in [1.82, 2.24) is 29.1 Å². The number of rotatable bonds is 3. The summed E-state index contributed by atoms with van der Waals surface area (Å²) in [7, 11) is 1.98. The first kappa shape index (κ1) is 18.1. The average molecular weight is 391 g/mol. The van der Waals surface area contributed by atoms with Gasteiger partial charge in [0.15, 0.2) is 5.65 Å². The number of aryl methyl sites for hydroxylation is 2. The highest BCUT2D eigenvalue weighted by atomic mass is 16.3. The Kier molecular flexibility index (Phi) is 4.06. The molecule has 0 radical (unpaired) electrons. The predicted molar refractivity (Wildman–Crippen MR) is 112 cm³/mol. The van der Waals surface area contributed by atoms with Crippen LogP contribution in [-0.4, -0.2) is 45.9 Å². The van der Waals surface area contributed by atoms with E-state index in [1.54, 1.807) is 0 Å². The Morgan fingerprint density at radius 1 is 1.17 bits per heavy atom. The van der Waals surface area contributed by atoms with Crippen molar-refractivity contribution >= 4 is 22.6 Å². The molecule has 0 bridgehead atoms. The van der Waals surface area contributed by atoms with E-state index in [0.29, 0.717) is 12.0 Å². The Bertz CT molecular complexity index is 1200. The van der Waals surface area contributed by atoms with Gasteiger partial charge in [0.2, 0.25) is 5.95 Å². The summed E-state index contributed by atoms with van der Waals surface area (Å²) < 4.78 is 3.83. The average Bonchev–Trinajstić information content (AvgIpc) is 3.24. The number of nitrogens with zero attached hydrogens (tertiary/aromatic N) is 6. The Hall–Kier alpha value is -3.00. The van der Waals surface area contributed by atoms with Crippen molar-refractivity contribution in [1.29, 1.82) is 0 Å². The lowest BCUT2D eigenvalue weighted by Gasteiger charge is -2.33. The number of pyridine rings is 1. The fraction of sp³-hybridized carbons (Fsp3) is 0.429. The monoisotopic (exact) mass is 391 g/mol. The van der Waals surface area contributed by atoms with Crippen LogP contribution in [0.3, 0.4) is 0 Å². The van der Waals surface area contributed by atoms with Gasteiger partial charge in [0.25, 0.3) is 0 Å². The van der Waals surface area contributed by atoms with E-state index in [4.69, 9.17) is 4.98 Å². The van der Waals surface area contributed by atoms with Crippen molar-refractivity contribution in [2.45, 2.75) is 51.2 Å². The molecule has 0 spiro atoms. The van der Waals surface area contributed by atoms with E-state index >= 15 is 0 Å². The van der Waals surface area contributed by atoms with E-state index in [1.807, 2.05) is 60.6 Å². The summed E-state index contributed by atoms with van der Waals surface area (Å²) in [5, 5.41) is 18.2. The minimum atomic E-state index is -0.543. The highest BCUT2D eigenvalue weighted by Crippen LogP contribution is 2.29. The first-order valence-corrected chi connectivity index (χ1v) is 10.0. The molecule has 1 fully saturated rings. The van der Waals surface area contributed by atoms with Crippen molar-refractivity contribution in [3.05, 3.63) is 36.4 Å². The first-order valence-electron chi connectivity index (χ1n) is 10.0. The second kappa shape index (κ2) is 6.52. The van der Waals surface area contributed by atoms with E-state index in [-0.39, 0.29) is 0 Å². The molecule has 0 aromatic carbocycles. The van der Waals surface area contributed by atoms with E-state index in [2.05, 4.69) is 20.4 Å². The van der Waals surface area contributed by atoms with Gasteiger partial charge in [-0.05, 0) is 57.7 Å². The first-order chi connectivity index (χ1) is 13.9. The molecule has 0 unspecified atom stereocenters. The Balaban J connectivity index is 1.43. The maximum absolute atomic E-state index is 10.1. The molecule has 5 rings (SSSR count). The number of aliphatic hydroxyl groups is 1. The molecule has 4 aromatic heterocycles. The molecule has 8 nitrogen and oxygen atoms in total. The minimum Gasteiger partial charge on any atom is -0.390 e. The molecular formula is C21H25N7O. The van der Waals surface area contributed by atoms with E-state index < -0.39 is 5.60 Å². The molecule has 2 N–H and O–H groups in total. The fourth-order valence-electron chi connectivity index (χ4n) is 4.08. The van der Waals surface area contributed by atoms with Crippen molar-refractivity contribution in [3.8, 4) is 11.3 Å². The zero-order valence-electron chi connectivity index (χ0n) is 16.9. The largest absolute Gasteiger partial charge is 0.390 e. The lowest BCUT2D eigenvalue weighted by Crippen LogP contribution is -2.36. The number of fused-ring (bicyclic) bond motifs is 2. The summed E-state index contributed by atoms with van der Waals surface area (Å²) >= 11 is 0. The van der Waals surface area contributed by atoms with E-state index in [9.17, 15) is 5.11 Å². The normalized spacial score (nSPS) is 22.4. The number of aromatic nitrogens is 6. The van der Waals surface area contributed by atoms with Gasteiger partial charge >= 0.3 is 0 Å². The number of nitrogens with one attached hydrogen (secondary N) is 1. The molecule has 8 heteroatoms. The maximum atomic E-state index is 10.1. The summed E-state index contributed by atoms with van der Waals surface area (Å²) in [6.45, 7) is 3.89. The molecule has 29 heavy (non-hydrogen) atoms. The Morgan fingerprint density at radius 2 is 1.97 bits per heavy atom. The van der Waals surface area contributed by atoms with Crippen LogP contribution in [0.15, 0.2) is 30.6 Å². The van der Waals surface area contributed by atoms with Crippen molar-refractivity contribution < 1.29 is 5.11 Å². The Labute approximate surface area is 168 Å². The van der Waals surface area contributed by atoms with Gasteiger partial charge in [0, 0.05) is 24.8 Å². The standard InChI is InChI=1S/C21H25N7O/c1-13-23-17-5-4-16(25-19(17)27(13)3)15-8-11-28-18(15)12-22-20(26-28)24-14-6-9-21(2,29)10-7-14/h4-5,8,11-12,14,29H,6-7,9-10H2,1-3H3,(H,24,26). The number of hydrogen-bond acceptors (Lipinski definition) is 6. The zero-order valence-corrected chi connectivity index (χ0v) is 16.9. The van der Waals surface area contributed by atoms with Crippen LogP contribution in [-0.2, 0) is 7.05 Å². The van der Waals surface area contributed by atoms with Crippen molar-refractivity contribution in [3.63, 3.8) is 0 Å². The molecule has 0 aliphatic heterocycles. The lowest BCUT2D eigenvalue weighted by molar-refractivity contribution is 0.0195. The summed E-state index contributed by atoms with van der Waals surface area (Å²) in [5.74, 6) is 1.55. The molecule has 150 valence electrons. The van der Waals surface area contributed by atoms with Gasteiger partial charge < -0.3 is 15.0 Å². The molecule has 4 heterocycles. The molecule has 1 aliphatic rings. The fourth-order valence-corrected chi connectivity index (χ4v) is 4.08. The zero-order chi connectivity index (χ0) is 20.2. The summed E-state index contributed by atoms with van der Waals surface area (Å²) in [6.07, 6.45) is 7.19. The van der Waals surface area contributed by atoms with Crippen LogP contribution in [0.25, 0.3) is 27.9 Å². The highest BCUT2D eigenvalue weighted by Gasteiger charge is 2.28. The smallest absolute Gasteiger partial charge is 0.241 e. The second-order valence-electron chi connectivity index (χ2n) is 8.31. The van der Waals surface area contributed by atoms with Gasteiger partial charge in [0.05, 0.1) is 23.0 Å². The second-order valence-corrected chi connectivity index (χ2v) is 8.31. The Morgan fingerprint density at radius 3 is 2.76 bits per heavy atom. The molecule has 1 aliphatic carbocycles. The molecule has 4 aromatic rings. The SMILES string of the molecule is Cc1nc2ccc(-c3ccn4nc(NC5CCC(C)(O)CC5)ncc34)nc2n1C. The predicted octanol–water partition coefficient (Wildman–Crippen LogP) is 3.09. The van der Waals surface area contributed by atoms with Gasteiger partial charge in [-0.1, -0.05) is 0 Å². The third kappa shape index (κ3) is 3.23. The summed E-state index contributed by atoms with van der Waals surface area (Å²) in [6, 6.07) is 6.30. The maximum Gasteiger partial charge on any atom is 0.241 e. The van der Waals surface area contributed by atoms with Gasteiger partial charge in [-0.15, -0.1) is 5.10 Å². The van der Waals surface area contributed by atoms with Crippen LogP contribution in [0, 0.1) is 6.92 Å². The number of hydrogen-bond donors (Lipinski definition) is 2. The highest BCUT2D eigenvalue weighted by molar-refractivity contribution is 5.82. The quantitative estimate of drug-likeness (QED) is 0.557. The third-order valence-corrected chi connectivity index (χ3v) is 6.03. The van der Waals surface area contributed by atoms with Crippen LogP contribution < -0.4 is 5.32 Å². The van der Waals surface area contributed by atoms with Crippen LogP contribution in [0.2, 0.25) is 0 Å². The molecule has 1 saturated carbocycles. The molecule has 0 amide bonds.